The molecule has 4 N–H and O–H groups in total. The van der Waals surface area contributed by atoms with Gasteiger partial charge in [-0.05, 0) is 43.5 Å². The molecule has 0 atom stereocenters. The van der Waals surface area contributed by atoms with Crippen molar-refractivity contribution in [2.24, 2.45) is 4.99 Å². The number of nitrogens with one attached hydrogen (secondary N) is 3. The zero-order valence-corrected chi connectivity index (χ0v) is 18.1. The van der Waals surface area contributed by atoms with Crippen molar-refractivity contribution in [1.29, 1.82) is 0 Å². The lowest BCUT2D eigenvalue weighted by Gasteiger charge is -2.11. The summed E-state index contributed by atoms with van der Waals surface area (Å²) in [5.74, 6) is 1.20. The van der Waals surface area contributed by atoms with Gasteiger partial charge in [-0.1, -0.05) is 6.07 Å². The molecule has 0 saturated heterocycles. The fourth-order valence-electron chi connectivity index (χ4n) is 3.30. The second-order valence-corrected chi connectivity index (χ2v) is 7.10. The average Bonchev–Trinajstić information content (AvgIpc) is 3.19. The number of fused-ring (bicyclic) bond motifs is 1. The number of phenolic OH excluding ortho intramolecular Hbond substituents is 1. The second-order valence-electron chi connectivity index (χ2n) is 7.10. The lowest BCUT2D eigenvalue weighted by molar-refractivity contribution is 0.398. The molecule has 0 radical (unpaired) electrons. The number of aromatic hydroxyl groups is 1. The number of aromatic amines is 1. The van der Waals surface area contributed by atoms with Gasteiger partial charge in [-0.2, -0.15) is 0 Å². The molecule has 7 nitrogen and oxygen atoms in total. The molecule has 0 aliphatic heterocycles. The third-order valence-corrected chi connectivity index (χ3v) is 4.88. The zero-order valence-electron chi connectivity index (χ0n) is 18.1. The van der Waals surface area contributed by atoms with Crippen molar-refractivity contribution >= 4 is 16.9 Å². The van der Waals surface area contributed by atoms with Crippen LogP contribution in [-0.4, -0.2) is 43.4 Å². The Morgan fingerprint density at radius 3 is 2.68 bits per heavy atom. The van der Waals surface area contributed by atoms with E-state index >= 15 is 0 Å². The number of methoxy groups -OCH3 is 2. The summed E-state index contributed by atoms with van der Waals surface area (Å²) in [5, 5.41) is 16.8. The number of aliphatic imine (C=N–C) groups is 1. The van der Waals surface area contributed by atoms with Crippen LogP contribution < -0.4 is 20.1 Å². The maximum Gasteiger partial charge on any atom is 0.191 e. The predicted octanol–water partition coefficient (Wildman–Crippen LogP) is 3.72. The molecule has 0 bridgehead atoms. The largest absolute Gasteiger partial charge is 0.505 e. The van der Waals surface area contributed by atoms with Crippen LogP contribution in [0.4, 0.5) is 4.39 Å². The van der Waals surface area contributed by atoms with Crippen molar-refractivity contribution in [3.8, 4) is 17.2 Å². The predicted molar refractivity (Wildman–Crippen MR) is 121 cm³/mol. The van der Waals surface area contributed by atoms with Crippen LogP contribution in [0.1, 0.15) is 24.6 Å². The van der Waals surface area contributed by atoms with Gasteiger partial charge in [0.25, 0.3) is 0 Å². The second kappa shape index (κ2) is 10.6. The van der Waals surface area contributed by atoms with Crippen LogP contribution in [0.25, 0.3) is 10.9 Å². The molecular weight excluding hydrogens is 399 g/mol. The Morgan fingerprint density at radius 1 is 1.13 bits per heavy atom. The molecule has 31 heavy (non-hydrogen) atoms. The van der Waals surface area contributed by atoms with Gasteiger partial charge in [-0.3, -0.25) is 0 Å². The minimum absolute atomic E-state index is 0.316. The van der Waals surface area contributed by atoms with Crippen molar-refractivity contribution in [3.05, 3.63) is 53.5 Å². The Morgan fingerprint density at radius 2 is 1.97 bits per heavy atom. The number of guanidine groups is 1. The third-order valence-electron chi connectivity index (χ3n) is 4.88. The first-order valence-corrected chi connectivity index (χ1v) is 10.3. The van der Waals surface area contributed by atoms with Gasteiger partial charge >= 0.3 is 0 Å². The number of halogens is 1. The molecule has 2 aromatic carbocycles. The fourth-order valence-corrected chi connectivity index (χ4v) is 3.30. The normalized spacial score (nSPS) is 11.5. The summed E-state index contributed by atoms with van der Waals surface area (Å²) in [6.07, 6.45) is 1.75. The number of nitrogens with zero attached hydrogens (tertiary/aromatic N) is 1. The Labute approximate surface area is 181 Å². The fraction of sp³-hybridized carbons (Fsp3) is 0.348. The Hall–Kier alpha value is -3.42. The van der Waals surface area contributed by atoms with E-state index < -0.39 is 5.82 Å². The number of H-pyrrole nitrogens is 1. The first kappa shape index (κ1) is 22.3. The van der Waals surface area contributed by atoms with E-state index in [0.29, 0.717) is 18.1 Å². The van der Waals surface area contributed by atoms with Crippen LogP contribution in [0, 0.1) is 5.82 Å². The molecule has 3 rings (SSSR count). The number of benzene rings is 2. The molecule has 0 unspecified atom stereocenters. The van der Waals surface area contributed by atoms with E-state index in [1.807, 2.05) is 19.1 Å². The molecule has 1 aromatic heterocycles. The number of hydrogen-bond donors (Lipinski definition) is 4. The van der Waals surface area contributed by atoms with Crippen molar-refractivity contribution in [2.45, 2.75) is 26.3 Å². The molecule has 0 aliphatic carbocycles. The van der Waals surface area contributed by atoms with E-state index in [9.17, 15) is 9.50 Å². The third kappa shape index (κ3) is 5.81. The SMILES string of the molecule is CCNC(=NCc1ccc(O)c(F)c1)NCCCc1cc2c(OC)cc(OC)cc2[nH]1. The molecule has 1 heterocycles. The maximum absolute atomic E-state index is 13.5. The summed E-state index contributed by atoms with van der Waals surface area (Å²) in [6, 6.07) is 10.2. The van der Waals surface area contributed by atoms with E-state index in [1.165, 1.54) is 12.1 Å². The van der Waals surface area contributed by atoms with Gasteiger partial charge in [-0.25, -0.2) is 9.38 Å². The summed E-state index contributed by atoms with van der Waals surface area (Å²) >= 11 is 0. The first-order valence-electron chi connectivity index (χ1n) is 10.3. The van der Waals surface area contributed by atoms with Gasteiger partial charge in [0.15, 0.2) is 17.5 Å². The van der Waals surface area contributed by atoms with Crippen LogP contribution in [0.15, 0.2) is 41.4 Å². The van der Waals surface area contributed by atoms with Crippen molar-refractivity contribution in [1.82, 2.24) is 15.6 Å². The number of aryl methyl sites for hydroxylation is 1. The van der Waals surface area contributed by atoms with E-state index in [-0.39, 0.29) is 5.75 Å². The molecule has 3 aromatic rings. The van der Waals surface area contributed by atoms with Crippen molar-refractivity contribution < 1.29 is 19.0 Å². The minimum Gasteiger partial charge on any atom is -0.505 e. The average molecular weight is 429 g/mol. The molecule has 0 spiro atoms. The van der Waals surface area contributed by atoms with E-state index in [1.54, 1.807) is 20.3 Å². The molecule has 166 valence electrons. The topological polar surface area (TPSA) is 90.9 Å². The molecule has 0 fully saturated rings. The molecule has 0 aliphatic rings. The highest BCUT2D eigenvalue weighted by Gasteiger charge is 2.09. The highest BCUT2D eigenvalue weighted by Crippen LogP contribution is 2.31. The van der Waals surface area contributed by atoms with E-state index in [2.05, 4.69) is 26.7 Å². The van der Waals surface area contributed by atoms with Crippen LogP contribution >= 0.6 is 0 Å². The quantitative estimate of drug-likeness (QED) is 0.237. The summed E-state index contributed by atoms with van der Waals surface area (Å²) in [5.41, 5.74) is 2.79. The Kier molecular flexibility index (Phi) is 7.59. The molecule has 0 amide bonds. The number of ether oxygens (including phenoxy) is 2. The Balaban J connectivity index is 1.56. The number of phenols is 1. The van der Waals surface area contributed by atoms with Crippen LogP contribution in [0.2, 0.25) is 0 Å². The summed E-state index contributed by atoms with van der Waals surface area (Å²) in [6.45, 7) is 3.75. The summed E-state index contributed by atoms with van der Waals surface area (Å²) in [7, 11) is 3.29. The van der Waals surface area contributed by atoms with Gasteiger partial charge in [0.05, 0.1) is 26.3 Å². The van der Waals surface area contributed by atoms with Crippen LogP contribution in [-0.2, 0) is 13.0 Å². The van der Waals surface area contributed by atoms with Gasteiger partial charge in [0.1, 0.15) is 11.5 Å². The van der Waals surface area contributed by atoms with Gasteiger partial charge in [0.2, 0.25) is 0 Å². The highest BCUT2D eigenvalue weighted by atomic mass is 19.1. The van der Waals surface area contributed by atoms with Crippen LogP contribution in [0.5, 0.6) is 17.2 Å². The summed E-state index contributed by atoms with van der Waals surface area (Å²) in [4.78, 5) is 7.91. The smallest absolute Gasteiger partial charge is 0.191 e. The monoisotopic (exact) mass is 428 g/mol. The number of rotatable bonds is 9. The van der Waals surface area contributed by atoms with E-state index in [4.69, 9.17) is 9.47 Å². The van der Waals surface area contributed by atoms with Gasteiger partial charge in [0, 0.05) is 36.3 Å². The maximum atomic E-state index is 13.5. The number of aromatic nitrogens is 1. The minimum atomic E-state index is -0.641. The van der Waals surface area contributed by atoms with E-state index in [0.717, 1.165) is 54.0 Å². The first-order chi connectivity index (χ1) is 15.0. The van der Waals surface area contributed by atoms with Crippen molar-refractivity contribution in [3.63, 3.8) is 0 Å². The van der Waals surface area contributed by atoms with Crippen LogP contribution in [0.3, 0.4) is 0 Å². The van der Waals surface area contributed by atoms with Crippen molar-refractivity contribution in [2.75, 3.05) is 27.3 Å². The molecular formula is C23H29FN4O3. The molecule has 8 heteroatoms. The highest BCUT2D eigenvalue weighted by molar-refractivity contribution is 5.88. The van der Waals surface area contributed by atoms with Gasteiger partial charge in [-0.15, -0.1) is 0 Å². The molecule has 0 saturated carbocycles. The lowest BCUT2D eigenvalue weighted by atomic mass is 10.2. The Bertz CT molecular complexity index is 1050. The summed E-state index contributed by atoms with van der Waals surface area (Å²) < 4.78 is 24.3. The standard InChI is InChI=1S/C23H29FN4O3/c1-4-25-23(27-14-15-7-8-21(29)19(24)10-15)26-9-5-6-16-11-18-20(28-16)12-17(30-2)13-22(18)31-3/h7-8,10-13,28-29H,4-6,9,14H2,1-3H3,(H2,25,26,27). The number of hydrogen-bond acceptors (Lipinski definition) is 4. The van der Waals surface area contributed by atoms with Gasteiger partial charge < -0.3 is 30.2 Å². The zero-order chi connectivity index (χ0) is 22.2. The lowest BCUT2D eigenvalue weighted by Crippen LogP contribution is -2.37.